The van der Waals surface area contributed by atoms with Gasteiger partial charge in [0.2, 0.25) is 12.7 Å². The Balaban J connectivity index is 0.00000217. The second kappa shape index (κ2) is 12.5. The summed E-state index contributed by atoms with van der Waals surface area (Å²) >= 11 is 0. The van der Waals surface area contributed by atoms with Gasteiger partial charge in [-0.25, -0.2) is 0 Å². The molecule has 0 bridgehead atoms. The summed E-state index contributed by atoms with van der Waals surface area (Å²) in [5.74, 6) is 2.75. The van der Waals surface area contributed by atoms with Crippen LogP contribution >= 0.6 is 0 Å². The Kier molecular flexibility index (Phi) is 7.98. The summed E-state index contributed by atoms with van der Waals surface area (Å²) < 4.78 is 28.9. The number of hydrogen-bond acceptors (Lipinski definition) is 8. The third-order valence-corrected chi connectivity index (χ3v) is 8.20. The first kappa shape index (κ1) is 28.7. The van der Waals surface area contributed by atoms with Crippen LogP contribution in [0.25, 0.3) is 0 Å². The normalized spacial score (nSPS) is 20.8. The van der Waals surface area contributed by atoms with Crippen LogP contribution in [0.5, 0.6) is 28.7 Å². The van der Waals surface area contributed by atoms with Crippen LogP contribution < -0.4 is 29.6 Å². The lowest BCUT2D eigenvalue weighted by atomic mass is 9.84. The maximum atomic E-state index is 13.0. The van der Waals surface area contributed by atoms with E-state index >= 15 is 0 Å². The topological polar surface area (TPSA) is 125 Å². The standard InChI is InChI=1S/C35H32N2O8.2H2/c38-19-32-34-28(27-15-23(9-13-29(27)45-34)37-35(40)22-8-12-30-31(14-22)42-20-41-30)16-26(44-32)17-33(39)36-18-21-6-10-25(11-7-21)43-24-4-2-1-3-5-24;;/h1-15,26,28,32,34,38H,16-20H2,(H,36,39)(H,37,40);2*1H/t26-,28+,32+,34-;;/m1../s1. The minimum Gasteiger partial charge on any atom is -0.487 e. The van der Waals surface area contributed by atoms with Crippen molar-refractivity contribution >= 4 is 17.5 Å². The van der Waals surface area contributed by atoms with Crippen LogP contribution in [-0.2, 0) is 16.1 Å². The van der Waals surface area contributed by atoms with Gasteiger partial charge in [-0.15, -0.1) is 0 Å². The highest BCUT2D eigenvalue weighted by Crippen LogP contribution is 2.47. The predicted molar refractivity (Wildman–Crippen MR) is 168 cm³/mol. The van der Waals surface area contributed by atoms with Crippen molar-refractivity contribution in [3.63, 3.8) is 0 Å². The molecule has 0 unspecified atom stereocenters. The molecule has 0 saturated carbocycles. The molecule has 0 aliphatic carbocycles. The molecule has 7 rings (SSSR count). The number of ether oxygens (including phenoxy) is 5. The van der Waals surface area contributed by atoms with Crippen molar-refractivity contribution in [2.75, 3.05) is 18.7 Å². The lowest BCUT2D eigenvalue weighted by molar-refractivity contribution is -0.142. The summed E-state index contributed by atoms with van der Waals surface area (Å²) in [5.41, 5.74) is 2.91. The molecule has 1 fully saturated rings. The molecule has 3 aliphatic heterocycles. The van der Waals surface area contributed by atoms with Gasteiger partial charge in [0.15, 0.2) is 11.5 Å². The Morgan fingerprint density at radius 3 is 2.49 bits per heavy atom. The summed E-state index contributed by atoms with van der Waals surface area (Å²) in [5, 5.41) is 16.0. The molecule has 3 aliphatic rings. The van der Waals surface area contributed by atoms with Crippen LogP contribution in [0.1, 0.15) is 43.1 Å². The molecule has 234 valence electrons. The number of aliphatic hydroxyl groups excluding tert-OH is 1. The van der Waals surface area contributed by atoms with E-state index in [2.05, 4.69) is 10.6 Å². The Labute approximate surface area is 262 Å². The van der Waals surface area contributed by atoms with E-state index in [0.717, 1.165) is 16.9 Å². The monoisotopic (exact) mass is 612 g/mol. The number of para-hydroxylation sites is 1. The summed E-state index contributed by atoms with van der Waals surface area (Å²) in [7, 11) is 0. The molecule has 2 amide bonds. The van der Waals surface area contributed by atoms with Crippen LogP contribution in [0, 0.1) is 0 Å². The third-order valence-electron chi connectivity index (χ3n) is 8.20. The average Bonchev–Trinajstić information content (AvgIpc) is 3.69. The Hall–Kier alpha value is -5.06. The summed E-state index contributed by atoms with van der Waals surface area (Å²) in [4.78, 5) is 25.9. The van der Waals surface area contributed by atoms with E-state index in [1.165, 1.54) is 0 Å². The zero-order chi connectivity index (χ0) is 30.8. The minimum atomic E-state index is -0.585. The maximum absolute atomic E-state index is 13.0. The molecule has 4 aromatic rings. The number of amides is 2. The number of hydrogen-bond donors (Lipinski definition) is 3. The molecule has 4 aromatic carbocycles. The van der Waals surface area contributed by atoms with Gasteiger partial charge in [-0.05, 0) is 72.6 Å². The van der Waals surface area contributed by atoms with Crippen LogP contribution in [-0.4, -0.2) is 48.6 Å². The fraction of sp³-hybridized carbons (Fsp3) is 0.257. The molecule has 4 atom stereocenters. The second-order valence-electron chi connectivity index (χ2n) is 11.2. The van der Waals surface area contributed by atoms with Crippen LogP contribution in [0.3, 0.4) is 0 Å². The number of carbonyl (C=O) groups excluding carboxylic acids is 2. The molecule has 10 nitrogen and oxygen atoms in total. The number of rotatable bonds is 9. The van der Waals surface area contributed by atoms with Gasteiger partial charge in [0.1, 0.15) is 29.5 Å². The second-order valence-corrected chi connectivity index (χ2v) is 11.2. The quantitative estimate of drug-likeness (QED) is 0.222. The SMILES string of the molecule is O=C(C[C@H]1C[C@H]2c3cc(NC(=O)c4ccc5c(c4)OCO5)ccc3O[C@H]2[C@H](CO)O1)NCc1ccc(Oc2ccccc2)cc1.[HH].[HH]. The van der Waals surface area contributed by atoms with Gasteiger partial charge in [-0.1, -0.05) is 30.3 Å². The van der Waals surface area contributed by atoms with Crippen LogP contribution in [0.15, 0.2) is 91.0 Å². The molecular weight excluding hydrogens is 576 g/mol. The van der Waals surface area contributed by atoms with Crippen molar-refractivity contribution in [2.45, 2.75) is 43.6 Å². The highest BCUT2D eigenvalue weighted by Gasteiger charge is 2.46. The minimum absolute atomic E-state index is 0. The van der Waals surface area contributed by atoms with Crippen molar-refractivity contribution in [2.24, 2.45) is 0 Å². The lowest BCUT2D eigenvalue weighted by Gasteiger charge is -2.37. The number of anilines is 1. The first-order valence-corrected chi connectivity index (χ1v) is 14.9. The van der Waals surface area contributed by atoms with Crippen LogP contribution in [0.2, 0.25) is 0 Å². The van der Waals surface area contributed by atoms with Gasteiger partial charge in [-0.3, -0.25) is 9.59 Å². The van der Waals surface area contributed by atoms with E-state index in [1.807, 2.05) is 66.7 Å². The lowest BCUT2D eigenvalue weighted by Crippen LogP contribution is -2.47. The predicted octanol–water partition coefficient (Wildman–Crippen LogP) is 5.65. The zero-order valence-corrected chi connectivity index (χ0v) is 24.3. The van der Waals surface area contributed by atoms with Crippen molar-refractivity contribution in [1.29, 1.82) is 0 Å². The summed E-state index contributed by atoms with van der Waals surface area (Å²) in [6.07, 6.45) is -0.706. The van der Waals surface area contributed by atoms with E-state index in [0.29, 0.717) is 47.2 Å². The summed E-state index contributed by atoms with van der Waals surface area (Å²) in [6.45, 7) is 0.261. The molecule has 1 saturated heterocycles. The molecule has 0 spiro atoms. The fourth-order valence-electron chi connectivity index (χ4n) is 5.99. The van der Waals surface area contributed by atoms with Gasteiger partial charge in [-0.2, -0.15) is 0 Å². The molecule has 45 heavy (non-hydrogen) atoms. The molecule has 0 aromatic heterocycles. The fourth-order valence-corrected chi connectivity index (χ4v) is 5.99. The highest BCUT2D eigenvalue weighted by atomic mass is 16.7. The number of carbonyl (C=O) groups is 2. The maximum Gasteiger partial charge on any atom is 0.255 e. The molecule has 3 N–H and O–H groups in total. The first-order chi connectivity index (χ1) is 22.0. The van der Waals surface area contributed by atoms with Gasteiger partial charge in [0.25, 0.3) is 5.91 Å². The zero-order valence-electron chi connectivity index (χ0n) is 24.3. The van der Waals surface area contributed by atoms with E-state index in [-0.39, 0.29) is 46.5 Å². The van der Waals surface area contributed by atoms with E-state index in [9.17, 15) is 14.7 Å². The molecule has 3 heterocycles. The molecule has 0 radical (unpaired) electrons. The van der Waals surface area contributed by atoms with Gasteiger partial charge >= 0.3 is 0 Å². The number of aliphatic hydroxyl groups is 1. The van der Waals surface area contributed by atoms with Crippen molar-refractivity contribution in [1.82, 2.24) is 5.32 Å². The Bertz CT molecular complexity index is 1710. The smallest absolute Gasteiger partial charge is 0.255 e. The largest absolute Gasteiger partial charge is 0.487 e. The van der Waals surface area contributed by atoms with Crippen LogP contribution in [0.4, 0.5) is 5.69 Å². The van der Waals surface area contributed by atoms with Gasteiger partial charge in [0.05, 0.1) is 19.1 Å². The number of nitrogens with one attached hydrogen (secondary N) is 2. The van der Waals surface area contributed by atoms with E-state index in [1.54, 1.807) is 24.3 Å². The van der Waals surface area contributed by atoms with Gasteiger partial charge < -0.3 is 39.4 Å². The Morgan fingerprint density at radius 2 is 1.67 bits per heavy atom. The van der Waals surface area contributed by atoms with E-state index < -0.39 is 12.2 Å². The molecule has 10 heteroatoms. The highest BCUT2D eigenvalue weighted by molar-refractivity contribution is 6.04. The van der Waals surface area contributed by atoms with Crippen molar-refractivity contribution < 1.29 is 41.2 Å². The summed E-state index contributed by atoms with van der Waals surface area (Å²) in [6, 6.07) is 27.6. The average molecular weight is 613 g/mol. The number of benzene rings is 4. The van der Waals surface area contributed by atoms with Crippen molar-refractivity contribution in [3.05, 3.63) is 108 Å². The first-order valence-electron chi connectivity index (χ1n) is 14.9. The van der Waals surface area contributed by atoms with Crippen molar-refractivity contribution in [3.8, 4) is 28.7 Å². The Morgan fingerprint density at radius 1 is 0.889 bits per heavy atom. The van der Waals surface area contributed by atoms with Gasteiger partial charge in [0, 0.05) is 32.1 Å². The third kappa shape index (κ3) is 6.29. The molecular formula is C35H36N2O8. The number of fused-ring (bicyclic) bond motifs is 4. The van der Waals surface area contributed by atoms with E-state index in [4.69, 9.17) is 23.7 Å².